The average molecular weight is 1310 g/mol. The number of nitrogens with zero attached hydrogens (tertiary/aromatic N) is 15. The molecule has 0 N–H and O–H groups in total. The third-order valence-corrected chi connectivity index (χ3v) is 17.3. The summed E-state index contributed by atoms with van der Waals surface area (Å²) in [5.74, 6) is 24.5. The van der Waals surface area contributed by atoms with Crippen LogP contribution in [0.4, 0.5) is 19.2 Å². The topological polar surface area (TPSA) is 257 Å². The summed E-state index contributed by atoms with van der Waals surface area (Å²) in [5, 5.41) is 17.5. The molecule has 4 aromatic heterocycles. The van der Waals surface area contributed by atoms with Crippen LogP contribution >= 0.6 is 0 Å². The lowest BCUT2D eigenvalue weighted by Crippen LogP contribution is -2.50. The molecule has 14 rings (SSSR count). The molecule has 26 heteroatoms. The Morgan fingerprint density at radius 3 is 1.16 bits per heavy atom. The van der Waals surface area contributed by atoms with Crippen molar-refractivity contribution in [3.05, 3.63) is 118 Å². The maximum atomic E-state index is 12.7. The Bertz CT molecular complexity index is 3770. The molecule has 0 aromatic carbocycles. The van der Waals surface area contributed by atoms with Gasteiger partial charge in [0.1, 0.15) is 45.6 Å². The van der Waals surface area contributed by atoms with E-state index >= 15 is 0 Å². The van der Waals surface area contributed by atoms with Crippen LogP contribution in [0.1, 0.15) is 105 Å². The van der Waals surface area contributed by atoms with Gasteiger partial charge >= 0.3 is 24.2 Å². The van der Waals surface area contributed by atoms with E-state index in [1.807, 2.05) is 115 Å². The molecule has 14 heterocycles. The predicted molar refractivity (Wildman–Crippen MR) is 354 cm³/mol. The van der Waals surface area contributed by atoms with Crippen LogP contribution in [0.25, 0.3) is 0 Å². The second kappa shape index (κ2) is 32.2. The van der Waals surface area contributed by atoms with Gasteiger partial charge in [0.2, 0.25) is 24.9 Å². The number of morpholine rings is 1. The van der Waals surface area contributed by atoms with Crippen LogP contribution in [0.3, 0.4) is 0 Å². The summed E-state index contributed by atoms with van der Waals surface area (Å²) in [6.07, 6.45) is 4.78. The number of fused-ring (bicyclic) bond motifs is 4. The fraction of sp³-hybridized carbons (Fsp3) is 0.486. The predicted octanol–water partition coefficient (Wildman–Crippen LogP) is 7.57. The molecule has 0 aliphatic carbocycles. The molecule has 0 saturated carbocycles. The Morgan fingerprint density at radius 1 is 0.469 bits per heavy atom. The molecule has 0 radical (unpaired) electrons. The van der Waals surface area contributed by atoms with Gasteiger partial charge in [0.25, 0.3) is 0 Å². The number of piperidine rings is 1. The second-order valence-corrected chi connectivity index (χ2v) is 23.8. The normalized spacial score (nSPS) is 23.3. The fourth-order valence-corrected chi connectivity index (χ4v) is 12.3. The SMILES string of the molecule is C.CCOC(=O)N1CCC2C(C#Cc3cccc(C)n3)=NOC21.CON(C)C(=O)N1CCC2C(C#Cc3cccc(C)n3)=NOC21.Cc1cccc(C#CC2=NOC3C2CCN3C(=O)N2CCCCC2)n1.Cc1cccc(C#CC2=NOC3C2CCN3C(=O)N2CCOCC2)n1. The van der Waals surface area contributed by atoms with E-state index in [1.54, 1.807) is 28.7 Å². The number of carbonyl (C=O) groups is 4. The number of pyridine rings is 4. The van der Waals surface area contributed by atoms with Crippen LogP contribution in [0, 0.1) is 98.7 Å². The highest BCUT2D eigenvalue weighted by molar-refractivity contribution is 6.05. The molecule has 96 heavy (non-hydrogen) atoms. The summed E-state index contributed by atoms with van der Waals surface area (Å²) < 4.78 is 10.3. The average Bonchev–Trinajstić information content (AvgIpc) is 1.68. The summed E-state index contributed by atoms with van der Waals surface area (Å²) in [5.41, 5.74) is 9.29. The van der Waals surface area contributed by atoms with Gasteiger partial charge in [-0.15, -0.1) is 0 Å². The summed E-state index contributed by atoms with van der Waals surface area (Å²) in [6.45, 7) is 16.5. The van der Waals surface area contributed by atoms with E-state index in [4.69, 9.17) is 33.7 Å². The van der Waals surface area contributed by atoms with Gasteiger partial charge in [-0.25, -0.2) is 44.2 Å². The second-order valence-electron chi connectivity index (χ2n) is 23.8. The first kappa shape index (κ1) is 68.6. The third kappa shape index (κ3) is 16.4. The molecule has 8 atom stereocenters. The number of hydroxylamine groups is 2. The lowest BCUT2D eigenvalue weighted by molar-refractivity contribution is -0.0936. The molecule has 4 aromatic rings. The molecule has 10 aliphatic heterocycles. The standard InChI is InChI=1S/C19H22N4O2.C18H20N4O3.C16H18N4O3.C16H17N3O3.CH4/c1-14-6-5-7-15(20-14)8-9-17-16-10-13-23(18(16)25-21-17)19(24)22-11-3-2-4-12-22;1-13-3-2-4-14(19-13)5-6-16-15-7-8-22(17(15)25-20-16)18(23)21-9-11-24-12-10-21;1-11-5-4-6-12(17-11)7-8-14-13-9-10-20(15(13)23-18-14)16(21)19(2)22-3;1-3-21-16(20)19-10-9-13-14(18-22-15(13)19)8-7-12-6-4-5-11(2)17-12;/h5-7,16,18H,2-4,10-13H2,1H3;2-4,15,17H,7-12H2,1H3;4-6,13,15H,9-10H2,1-3H3;4-6,13,15H,3,9-10H2,1-2H3;1H4. The van der Waals surface area contributed by atoms with Crippen LogP contribution in [0.15, 0.2) is 93.4 Å². The quantitative estimate of drug-likeness (QED) is 0.139. The van der Waals surface area contributed by atoms with Crippen molar-refractivity contribution in [1.82, 2.24) is 54.4 Å². The van der Waals surface area contributed by atoms with Crippen LogP contribution in [0.2, 0.25) is 0 Å². The Balaban J connectivity index is 0.000000139. The zero-order chi connectivity index (χ0) is 66.4. The van der Waals surface area contributed by atoms with E-state index in [-0.39, 0.29) is 67.7 Å². The van der Waals surface area contributed by atoms with E-state index in [0.29, 0.717) is 93.3 Å². The number of likely N-dealkylation sites (tertiary alicyclic amines) is 5. The van der Waals surface area contributed by atoms with E-state index < -0.39 is 12.5 Å². The monoisotopic (exact) mass is 1310 g/mol. The molecule has 26 nitrogen and oxygen atoms in total. The van der Waals surface area contributed by atoms with Crippen molar-refractivity contribution in [2.45, 2.75) is 112 Å². The Hall–Kier alpha value is -10.3. The van der Waals surface area contributed by atoms with Crippen molar-refractivity contribution in [1.29, 1.82) is 0 Å². The van der Waals surface area contributed by atoms with E-state index in [1.165, 1.54) is 18.6 Å². The van der Waals surface area contributed by atoms with Crippen molar-refractivity contribution in [2.75, 3.05) is 86.3 Å². The number of urea groups is 3. The number of carbonyl (C=O) groups excluding carboxylic acids is 4. The van der Waals surface area contributed by atoms with Gasteiger partial charge < -0.3 is 38.6 Å². The number of aromatic nitrogens is 4. The Morgan fingerprint density at radius 2 is 0.802 bits per heavy atom. The first-order valence-electron chi connectivity index (χ1n) is 32.2. The van der Waals surface area contributed by atoms with E-state index in [0.717, 1.165) is 85.8 Å². The molecule has 6 fully saturated rings. The number of rotatable bonds is 2. The molecule has 7 amide bonds. The van der Waals surface area contributed by atoms with Crippen LogP contribution in [0.5, 0.6) is 0 Å². The molecule has 502 valence electrons. The van der Waals surface area contributed by atoms with Gasteiger partial charge in [-0.05, 0) is 175 Å². The van der Waals surface area contributed by atoms with Gasteiger partial charge in [0.05, 0.1) is 50.6 Å². The zero-order valence-corrected chi connectivity index (χ0v) is 54.5. The lowest BCUT2D eigenvalue weighted by atomic mass is 10.0. The van der Waals surface area contributed by atoms with Gasteiger partial charge in [-0.1, -0.05) is 52.3 Å². The molecule has 10 aliphatic rings. The van der Waals surface area contributed by atoms with Crippen molar-refractivity contribution in [2.24, 2.45) is 44.3 Å². The van der Waals surface area contributed by atoms with Gasteiger partial charge in [0.15, 0.2) is 0 Å². The number of hydrogen-bond donors (Lipinski definition) is 0. The molecule has 0 bridgehead atoms. The van der Waals surface area contributed by atoms with Crippen LogP contribution < -0.4 is 0 Å². The summed E-state index contributed by atoms with van der Waals surface area (Å²) in [4.78, 5) is 104. The number of ether oxygens (including phenoxy) is 2. The molecule has 0 spiro atoms. The minimum atomic E-state index is -0.408. The summed E-state index contributed by atoms with van der Waals surface area (Å²) in [7, 11) is 3.01. The zero-order valence-electron chi connectivity index (χ0n) is 54.5. The highest BCUT2D eigenvalue weighted by Crippen LogP contribution is 2.36. The van der Waals surface area contributed by atoms with Gasteiger partial charge in [-0.3, -0.25) is 24.4 Å². The van der Waals surface area contributed by atoms with Gasteiger partial charge in [-0.2, -0.15) is 0 Å². The third-order valence-electron chi connectivity index (χ3n) is 17.3. The van der Waals surface area contributed by atoms with E-state index in [9.17, 15) is 19.2 Å². The van der Waals surface area contributed by atoms with Crippen molar-refractivity contribution in [3.63, 3.8) is 0 Å². The first-order valence-corrected chi connectivity index (χ1v) is 32.2. The molecule has 8 unspecified atom stereocenters. The maximum absolute atomic E-state index is 12.7. The number of aryl methyl sites for hydroxylation is 4. The van der Waals surface area contributed by atoms with Crippen LogP contribution in [-0.4, -0.2) is 213 Å². The van der Waals surface area contributed by atoms with Gasteiger partial charge in [0, 0.05) is 82.2 Å². The molecular weight excluding hydrogens is 1230 g/mol. The summed E-state index contributed by atoms with van der Waals surface area (Å²) >= 11 is 0. The highest BCUT2D eigenvalue weighted by Gasteiger charge is 2.50. The van der Waals surface area contributed by atoms with Crippen molar-refractivity contribution >= 4 is 47.0 Å². The number of oxime groups is 4. The number of hydrogen-bond acceptors (Lipinski definition) is 19. The molecular formula is C70H81N15O11. The maximum Gasteiger partial charge on any atom is 0.412 e. The number of amides is 7. The smallest absolute Gasteiger partial charge is 0.412 e. The van der Waals surface area contributed by atoms with Crippen molar-refractivity contribution < 1.29 is 52.8 Å². The first-order chi connectivity index (χ1) is 46.2. The Labute approximate surface area is 560 Å². The van der Waals surface area contributed by atoms with E-state index in [2.05, 4.69) is 87.9 Å². The Kier molecular flexibility index (Phi) is 23.0. The lowest BCUT2D eigenvalue weighted by Gasteiger charge is -2.32. The fourth-order valence-electron chi connectivity index (χ4n) is 12.3. The minimum absolute atomic E-state index is 0. The highest BCUT2D eigenvalue weighted by atomic mass is 16.7. The minimum Gasteiger partial charge on any atom is -0.450 e. The van der Waals surface area contributed by atoms with Crippen molar-refractivity contribution in [3.8, 4) is 47.4 Å². The summed E-state index contributed by atoms with van der Waals surface area (Å²) in [6, 6.07) is 22.7. The van der Waals surface area contributed by atoms with Crippen LogP contribution in [-0.2, 0) is 33.7 Å². The largest absolute Gasteiger partial charge is 0.450 e. The molecule has 6 saturated heterocycles.